The van der Waals surface area contributed by atoms with Crippen molar-refractivity contribution in [3.8, 4) is 0 Å². The van der Waals surface area contributed by atoms with Crippen LogP contribution in [0.4, 0.5) is 0 Å². The van der Waals surface area contributed by atoms with Gasteiger partial charge in [-0.1, -0.05) is 13.8 Å². The van der Waals surface area contributed by atoms with Crippen LogP contribution < -0.4 is 0 Å². The summed E-state index contributed by atoms with van der Waals surface area (Å²) in [4.78, 5) is 1.97. The van der Waals surface area contributed by atoms with E-state index in [0.717, 1.165) is 0 Å². The van der Waals surface area contributed by atoms with E-state index in [-0.39, 0.29) is 6.61 Å². The second kappa shape index (κ2) is 7.92. The number of nitrogens with zero attached hydrogens (tertiary/aromatic N) is 1. The Morgan fingerprint density at radius 2 is 1.67 bits per heavy atom. The number of aliphatic hydroxyl groups excluding tert-OH is 1. The fraction of sp³-hybridized carbons (Fsp3) is 1.00. The third-order valence-corrected chi connectivity index (χ3v) is 1.15. The van der Waals surface area contributed by atoms with Crippen molar-refractivity contribution in [2.75, 3.05) is 20.7 Å². The first kappa shape index (κ1) is 11.7. The van der Waals surface area contributed by atoms with E-state index in [1.807, 2.05) is 39.8 Å². The van der Waals surface area contributed by atoms with Crippen molar-refractivity contribution in [2.24, 2.45) is 0 Å². The molecular weight excluding hydrogens is 114 g/mol. The van der Waals surface area contributed by atoms with Crippen molar-refractivity contribution in [1.29, 1.82) is 0 Å². The monoisotopic (exact) mass is 133 g/mol. The molecule has 0 rings (SSSR count). The first-order valence-corrected chi connectivity index (χ1v) is 3.45. The minimum absolute atomic E-state index is 0.243. The summed E-state index contributed by atoms with van der Waals surface area (Å²) in [5.41, 5.74) is 0. The summed E-state index contributed by atoms with van der Waals surface area (Å²) < 4.78 is 0. The molecule has 0 bridgehead atoms. The average Bonchev–Trinajstić information content (AvgIpc) is 1.91. The Morgan fingerprint density at radius 1 is 1.33 bits per heavy atom. The zero-order valence-corrected chi connectivity index (χ0v) is 7.18. The van der Waals surface area contributed by atoms with Crippen molar-refractivity contribution >= 4 is 0 Å². The number of hydrogen-bond donors (Lipinski definition) is 1. The third-order valence-electron chi connectivity index (χ3n) is 1.15. The van der Waals surface area contributed by atoms with Crippen LogP contribution in [0.5, 0.6) is 0 Å². The lowest BCUT2D eigenvalue weighted by molar-refractivity contribution is 0.182. The molecule has 58 valence electrons. The highest BCUT2D eigenvalue weighted by atomic mass is 16.3. The molecular formula is C7H19NO. The second-order valence-corrected chi connectivity index (χ2v) is 2.00. The molecule has 0 aliphatic heterocycles. The number of likely N-dealkylation sites (N-methyl/N-ethyl adjacent to an activating group) is 1. The van der Waals surface area contributed by atoms with E-state index in [0.29, 0.717) is 6.04 Å². The summed E-state index contributed by atoms with van der Waals surface area (Å²) in [5.74, 6) is 0. The minimum atomic E-state index is 0.243. The van der Waals surface area contributed by atoms with Crippen LogP contribution in [-0.4, -0.2) is 36.8 Å². The Balaban J connectivity index is 0. The molecule has 1 atom stereocenters. The lowest BCUT2D eigenvalue weighted by Crippen LogP contribution is -2.27. The summed E-state index contributed by atoms with van der Waals surface area (Å²) in [6, 6.07) is 0.292. The van der Waals surface area contributed by atoms with Crippen molar-refractivity contribution < 1.29 is 5.11 Å². The first-order valence-electron chi connectivity index (χ1n) is 3.45. The van der Waals surface area contributed by atoms with E-state index < -0.39 is 0 Å². The van der Waals surface area contributed by atoms with Gasteiger partial charge in [0.1, 0.15) is 0 Å². The van der Waals surface area contributed by atoms with E-state index in [9.17, 15) is 0 Å². The molecule has 0 aliphatic rings. The molecule has 0 aromatic heterocycles. The van der Waals surface area contributed by atoms with Gasteiger partial charge in [-0.3, -0.25) is 0 Å². The van der Waals surface area contributed by atoms with Gasteiger partial charge < -0.3 is 10.0 Å². The van der Waals surface area contributed by atoms with Gasteiger partial charge in [0.15, 0.2) is 0 Å². The summed E-state index contributed by atoms with van der Waals surface area (Å²) in [7, 11) is 3.89. The highest BCUT2D eigenvalue weighted by Crippen LogP contribution is 1.85. The van der Waals surface area contributed by atoms with Crippen molar-refractivity contribution in [3.05, 3.63) is 0 Å². The average molecular weight is 133 g/mol. The molecule has 0 radical (unpaired) electrons. The van der Waals surface area contributed by atoms with Crippen LogP contribution in [-0.2, 0) is 0 Å². The second-order valence-electron chi connectivity index (χ2n) is 2.00. The summed E-state index contributed by atoms with van der Waals surface area (Å²) in [5, 5.41) is 8.46. The van der Waals surface area contributed by atoms with Gasteiger partial charge in [-0.15, -0.1) is 0 Å². The Bertz CT molecular complexity index is 46.2. The van der Waals surface area contributed by atoms with Crippen LogP contribution in [0.2, 0.25) is 0 Å². The van der Waals surface area contributed by atoms with Crippen molar-refractivity contribution in [2.45, 2.75) is 26.8 Å². The van der Waals surface area contributed by atoms with Gasteiger partial charge in [0.2, 0.25) is 0 Å². The molecule has 0 aliphatic carbocycles. The van der Waals surface area contributed by atoms with Gasteiger partial charge in [0.25, 0.3) is 0 Å². The summed E-state index contributed by atoms with van der Waals surface area (Å²) in [6.45, 7) is 6.22. The minimum Gasteiger partial charge on any atom is -0.395 e. The predicted molar refractivity (Wildman–Crippen MR) is 41.6 cm³/mol. The smallest absolute Gasteiger partial charge is 0.0583 e. The van der Waals surface area contributed by atoms with Crippen molar-refractivity contribution in [1.82, 2.24) is 4.90 Å². The van der Waals surface area contributed by atoms with Gasteiger partial charge in [-0.05, 0) is 21.0 Å². The van der Waals surface area contributed by atoms with Crippen LogP contribution in [0, 0.1) is 0 Å². The zero-order chi connectivity index (χ0) is 7.86. The molecule has 0 heterocycles. The van der Waals surface area contributed by atoms with Gasteiger partial charge in [-0.2, -0.15) is 0 Å². The molecule has 0 amide bonds. The van der Waals surface area contributed by atoms with E-state index in [1.54, 1.807) is 0 Å². The number of rotatable bonds is 2. The maximum absolute atomic E-state index is 8.46. The topological polar surface area (TPSA) is 23.5 Å². The molecule has 0 aromatic rings. The highest BCUT2D eigenvalue weighted by molar-refractivity contribution is 4.53. The van der Waals surface area contributed by atoms with Gasteiger partial charge in [0.05, 0.1) is 6.61 Å². The molecule has 0 saturated heterocycles. The molecule has 0 aromatic carbocycles. The third kappa shape index (κ3) is 7.92. The largest absolute Gasteiger partial charge is 0.395 e. The Morgan fingerprint density at radius 3 is 1.67 bits per heavy atom. The standard InChI is InChI=1S/C5H13NO.C2H6/c1-5(4-7)6(2)3;1-2/h5,7H,4H2,1-3H3;1-2H3. The van der Waals surface area contributed by atoms with Crippen LogP contribution in [0.3, 0.4) is 0 Å². The Hall–Kier alpha value is -0.0800. The maximum atomic E-state index is 8.46. The first-order chi connectivity index (χ1) is 4.18. The molecule has 0 fully saturated rings. The molecule has 9 heavy (non-hydrogen) atoms. The van der Waals surface area contributed by atoms with E-state index in [2.05, 4.69) is 0 Å². The predicted octanol–water partition coefficient (Wildman–Crippen LogP) is 0.955. The molecule has 1 N–H and O–H groups in total. The van der Waals surface area contributed by atoms with E-state index in [1.165, 1.54) is 0 Å². The van der Waals surface area contributed by atoms with Crippen LogP contribution in [0.25, 0.3) is 0 Å². The molecule has 2 nitrogen and oxygen atoms in total. The molecule has 1 unspecified atom stereocenters. The van der Waals surface area contributed by atoms with Gasteiger partial charge in [0, 0.05) is 6.04 Å². The fourth-order valence-corrected chi connectivity index (χ4v) is 0.163. The fourth-order valence-electron chi connectivity index (χ4n) is 0.163. The normalized spacial score (nSPS) is 12.3. The number of aliphatic hydroxyl groups is 1. The zero-order valence-electron chi connectivity index (χ0n) is 7.18. The highest BCUT2D eigenvalue weighted by Gasteiger charge is 1.98. The Kier molecular flexibility index (Phi) is 10.3. The number of hydrogen-bond acceptors (Lipinski definition) is 2. The summed E-state index contributed by atoms with van der Waals surface area (Å²) in [6.07, 6.45) is 0. The quantitative estimate of drug-likeness (QED) is 0.606. The van der Waals surface area contributed by atoms with E-state index >= 15 is 0 Å². The van der Waals surface area contributed by atoms with Crippen molar-refractivity contribution in [3.63, 3.8) is 0 Å². The SMILES string of the molecule is CC.CC(CO)N(C)C. The van der Waals surface area contributed by atoms with Crippen LogP contribution in [0.15, 0.2) is 0 Å². The Labute approximate surface area is 58.5 Å². The van der Waals surface area contributed by atoms with Gasteiger partial charge in [-0.25, -0.2) is 0 Å². The van der Waals surface area contributed by atoms with Crippen LogP contribution in [0.1, 0.15) is 20.8 Å². The lowest BCUT2D eigenvalue weighted by atomic mass is 10.3. The van der Waals surface area contributed by atoms with Crippen LogP contribution >= 0.6 is 0 Å². The molecule has 0 spiro atoms. The van der Waals surface area contributed by atoms with E-state index in [4.69, 9.17) is 5.11 Å². The lowest BCUT2D eigenvalue weighted by Gasteiger charge is -2.15. The molecule has 0 saturated carbocycles. The maximum Gasteiger partial charge on any atom is 0.0583 e. The van der Waals surface area contributed by atoms with Gasteiger partial charge >= 0.3 is 0 Å². The summed E-state index contributed by atoms with van der Waals surface area (Å²) >= 11 is 0. The molecule has 2 heteroatoms.